The third kappa shape index (κ3) is 2.77. The Labute approximate surface area is 144 Å². The fourth-order valence-corrected chi connectivity index (χ4v) is 13.1. The molecule has 2 atom stereocenters. The van der Waals surface area contributed by atoms with Crippen LogP contribution in [0.4, 0.5) is 0 Å². The number of rotatable bonds is 2. The molecule has 0 fully saturated rings. The van der Waals surface area contributed by atoms with Gasteiger partial charge in [0.15, 0.2) is 0 Å². The van der Waals surface area contributed by atoms with Gasteiger partial charge in [0.2, 0.25) is 0 Å². The molecule has 2 aromatic carbocycles. The van der Waals surface area contributed by atoms with E-state index in [4.69, 9.17) is 0 Å². The SMILES string of the molecule is C=C.[CH3][Zr]([CH3])([CH]1C=Cc2ccccc21)[CH]1C=Cc2ccccc21. The van der Waals surface area contributed by atoms with Crippen LogP contribution in [0.1, 0.15) is 29.5 Å². The zero-order valence-corrected chi connectivity index (χ0v) is 16.5. The molecule has 0 saturated carbocycles. The van der Waals surface area contributed by atoms with E-state index >= 15 is 0 Å². The summed E-state index contributed by atoms with van der Waals surface area (Å²) in [6.07, 6.45) is 9.64. The summed E-state index contributed by atoms with van der Waals surface area (Å²) < 4.78 is 6.61. The minimum atomic E-state index is -2.38. The zero-order valence-electron chi connectivity index (χ0n) is 14.0. The number of allylic oxidation sites excluding steroid dienone is 2. The summed E-state index contributed by atoms with van der Waals surface area (Å²) in [5.41, 5.74) is 6.00. The standard InChI is InChI=1S/2C9H7.C2H4.2CH3.Zr/c2*1-2-5-9-7-3-6-8(9)4-1;1-2;;;/h2*1-7H;1-2H2;2*1H3;. The van der Waals surface area contributed by atoms with Gasteiger partial charge in [0.1, 0.15) is 0 Å². The Bertz CT molecular complexity index is 704. The van der Waals surface area contributed by atoms with Crippen LogP contribution in [0.15, 0.2) is 73.8 Å². The van der Waals surface area contributed by atoms with Crippen LogP contribution in [0, 0.1) is 0 Å². The molecule has 0 heterocycles. The van der Waals surface area contributed by atoms with E-state index in [1.165, 1.54) is 11.1 Å². The summed E-state index contributed by atoms with van der Waals surface area (Å²) in [6.45, 7) is 6.00. The zero-order chi connectivity index (χ0) is 16.4. The Balaban J connectivity index is 0.000000753. The Morgan fingerprint density at radius 3 is 1.52 bits per heavy atom. The molecular formula is C22H24Zr. The Morgan fingerprint density at radius 2 is 1.09 bits per heavy atom. The molecule has 0 N–H and O–H groups in total. The molecule has 0 amide bonds. The van der Waals surface area contributed by atoms with Crippen LogP contribution in [-0.2, 0) is 20.3 Å². The van der Waals surface area contributed by atoms with E-state index in [2.05, 4.69) is 95.3 Å². The van der Waals surface area contributed by atoms with Crippen LogP contribution < -0.4 is 0 Å². The van der Waals surface area contributed by atoms with Gasteiger partial charge in [0.25, 0.3) is 0 Å². The topological polar surface area (TPSA) is 0 Å². The first kappa shape index (κ1) is 16.4. The van der Waals surface area contributed by atoms with Crippen molar-refractivity contribution < 1.29 is 20.3 Å². The summed E-state index contributed by atoms with van der Waals surface area (Å²) in [5.74, 6) is 0. The molecule has 2 aliphatic carbocycles. The van der Waals surface area contributed by atoms with Gasteiger partial charge >= 0.3 is 132 Å². The van der Waals surface area contributed by atoms with E-state index in [1.807, 2.05) is 0 Å². The molecule has 0 aliphatic heterocycles. The van der Waals surface area contributed by atoms with Gasteiger partial charge in [-0.15, -0.1) is 13.2 Å². The Morgan fingerprint density at radius 1 is 0.696 bits per heavy atom. The van der Waals surface area contributed by atoms with Crippen molar-refractivity contribution in [3.8, 4) is 0 Å². The Hall–Kier alpha value is -1.46. The van der Waals surface area contributed by atoms with Crippen molar-refractivity contribution in [2.45, 2.75) is 16.5 Å². The second-order valence-corrected chi connectivity index (χ2v) is 18.8. The molecule has 0 saturated heterocycles. The molecular weight excluding hydrogens is 355 g/mol. The van der Waals surface area contributed by atoms with Crippen LogP contribution >= 0.6 is 0 Å². The van der Waals surface area contributed by atoms with E-state index in [0.717, 1.165) is 0 Å². The third-order valence-corrected chi connectivity index (χ3v) is 15.6. The number of hydrogen-bond donors (Lipinski definition) is 0. The monoisotopic (exact) mass is 378 g/mol. The van der Waals surface area contributed by atoms with Gasteiger partial charge in [-0.3, -0.25) is 0 Å². The quantitative estimate of drug-likeness (QED) is 0.517. The van der Waals surface area contributed by atoms with Crippen LogP contribution in [0.25, 0.3) is 12.2 Å². The van der Waals surface area contributed by atoms with E-state index < -0.39 is 20.3 Å². The van der Waals surface area contributed by atoms with Crippen LogP contribution in [0.5, 0.6) is 0 Å². The second kappa shape index (κ2) is 6.58. The molecule has 2 aliphatic rings. The first-order valence-electron chi connectivity index (χ1n) is 8.22. The second-order valence-electron chi connectivity index (χ2n) is 6.75. The molecule has 2 aromatic rings. The van der Waals surface area contributed by atoms with Gasteiger partial charge in [-0.25, -0.2) is 0 Å². The number of fused-ring (bicyclic) bond motifs is 2. The minimum absolute atomic E-state index is 0.691. The van der Waals surface area contributed by atoms with Crippen LogP contribution in [0.3, 0.4) is 0 Å². The first-order valence-corrected chi connectivity index (χ1v) is 16.0. The van der Waals surface area contributed by atoms with Gasteiger partial charge in [-0.1, -0.05) is 0 Å². The van der Waals surface area contributed by atoms with Crippen molar-refractivity contribution in [1.29, 1.82) is 0 Å². The summed E-state index contributed by atoms with van der Waals surface area (Å²) in [5, 5.41) is 0. The fourth-order valence-electron chi connectivity index (χ4n) is 3.99. The maximum absolute atomic E-state index is 3.00. The Kier molecular flexibility index (Phi) is 4.69. The van der Waals surface area contributed by atoms with Crippen molar-refractivity contribution >= 4 is 12.2 Å². The van der Waals surface area contributed by atoms with Crippen molar-refractivity contribution in [2.75, 3.05) is 0 Å². The fraction of sp³-hybridized carbons (Fsp3) is 0.182. The predicted octanol–water partition coefficient (Wildman–Crippen LogP) is 6.57. The van der Waals surface area contributed by atoms with Gasteiger partial charge in [-0.2, -0.15) is 0 Å². The van der Waals surface area contributed by atoms with Gasteiger partial charge in [0, 0.05) is 0 Å². The molecule has 1 heteroatoms. The van der Waals surface area contributed by atoms with Gasteiger partial charge < -0.3 is 0 Å². The summed E-state index contributed by atoms with van der Waals surface area (Å²) in [6, 6.07) is 17.9. The molecule has 4 rings (SSSR count). The van der Waals surface area contributed by atoms with E-state index in [-0.39, 0.29) is 0 Å². The van der Waals surface area contributed by atoms with E-state index in [1.54, 1.807) is 11.1 Å². The van der Waals surface area contributed by atoms with Crippen molar-refractivity contribution in [2.24, 2.45) is 0 Å². The van der Waals surface area contributed by atoms with Crippen LogP contribution in [0.2, 0.25) is 9.26 Å². The summed E-state index contributed by atoms with van der Waals surface area (Å²) in [7, 11) is 0. The van der Waals surface area contributed by atoms with E-state index in [0.29, 0.717) is 7.25 Å². The average molecular weight is 380 g/mol. The molecule has 0 bridgehead atoms. The number of hydrogen-bond acceptors (Lipinski definition) is 0. The molecule has 0 radical (unpaired) electrons. The first-order chi connectivity index (χ1) is 11.2. The third-order valence-electron chi connectivity index (χ3n) is 5.20. The molecule has 23 heavy (non-hydrogen) atoms. The summed E-state index contributed by atoms with van der Waals surface area (Å²) >= 11 is -2.38. The van der Waals surface area contributed by atoms with Gasteiger partial charge in [-0.05, 0) is 0 Å². The molecule has 2 unspecified atom stereocenters. The van der Waals surface area contributed by atoms with Crippen molar-refractivity contribution in [1.82, 2.24) is 0 Å². The molecule has 116 valence electrons. The predicted molar refractivity (Wildman–Crippen MR) is 99.4 cm³/mol. The maximum atomic E-state index is 3.00. The molecule has 0 spiro atoms. The molecule has 0 aromatic heterocycles. The molecule has 0 nitrogen and oxygen atoms in total. The van der Waals surface area contributed by atoms with E-state index in [9.17, 15) is 0 Å². The van der Waals surface area contributed by atoms with Crippen molar-refractivity contribution in [3.05, 3.63) is 96.1 Å². The normalized spacial score (nSPS) is 20.6. The van der Waals surface area contributed by atoms with Crippen LogP contribution in [-0.4, -0.2) is 0 Å². The number of benzene rings is 2. The van der Waals surface area contributed by atoms with Gasteiger partial charge in [0.05, 0.1) is 0 Å². The average Bonchev–Trinajstić information content (AvgIpc) is 3.21. The summed E-state index contributed by atoms with van der Waals surface area (Å²) in [4.78, 5) is 0. The van der Waals surface area contributed by atoms with Crippen molar-refractivity contribution in [3.63, 3.8) is 0 Å².